The van der Waals surface area contributed by atoms with Crippen molar-refractivity contribution < 1.29 is 4.79 Å². The fourth-order valence-corrected chi connectivity index (χ4v) is 3.53. The molecule has 3 aromatic rings. The molecule has 148 valence electrons. The first kappa shape index (κ1) is 18.2. The summed E-state index contributed by atoms with van der Waals surface area (Å²) >= 11 is 0. The largest absolute Gasteiger partial charge is 0.344 e. The van der Waals surface area contributed by atoms with E-state index in [0.717, 1.165) is 11.5 Å². The second-order valence-corrected chi connectivity index (χ2v) is 8.12. The molecule has 0 aromatic carbocycles. The molecule has 1 unspecified atom stereocenters. The molecule has 0 saturated carbocycles. The van der Waals surface area contributed by atoms with Crippen molar-refractivity contribution >= 4 is 28.7 Å². The number of nitrogens with zero attached hydrogens (tertiary/aromatic N) is 6. The van der Waals surface area contributed by atoms with Crippen molar-refractivity contribution in [3.8, 4) is 0 Å². The van der Waals surface area contributed by atoms with Gasteiger partial charge in [0.05, 0.1) is 17.4 Å². The van der Waals surface area contributed by atoms with Crippen molar-refractivity contribution in [2.75, 3.05) is 16.8 Å². The van der Waals surface area contributed by atoms with Crippen molar-refractivity contribution in [1.29, 1.82) is 0 Å². The zero-order valence-electron chi connectivity index (χ0n) is 16.6. The van der Waals surface area contributed by atoms with Gasteiger partial charge in [0, 0.05) is 19.7 Å². The number of aryl methyl sites for hydroxylation is 2. The molecule has 0 radical (unpaired) electrons. The summed E-state index contributed by atoms with van der Waals surface area (Å²) in [6.07, 6.45) is 2.12. The average Bonchev–Trinajstić information content (AvgIpc) is 3.26. The van der Waals surface area contributed by atoms with E-state index in [9.17, 15) is 9.59 Å². The fraction of sp³-hybridized carbons (Fsp3) is 0.500. The molecule has 2 N–H and O–H groups in total. The molecule has 1 aliphatic rings. The van der Waals surface area contributed by atoms with Crippen molar-refractivity contribution in [2.45, 2.75) is 45.7 Å². The van der Waals surface area contributed by atoms with E-state index < -0.39 is 6.04 Å². The van der Waals surface area contributed by atoms with Crippen LogP contribution in [-0.2, 0) is 17.4 Å². The Morgan fingerprint density at radius 2 is 2.04 bits per heavy atom. The third-order valence-corrected chi connectivity index (χ3v) is 4.84. The maximum Gasteiger partial charge on any atom is 0.263 e. The quantitative estimate of drug-likeness (QED) is 0.700. The minimum absolute atomic E-state index is 0.0740. The summed E-state index contributed by atoms with van der Waals surface area (Å²) in [6.45, 7) is 8.43. The maximum atomic E-state index is 12.9. The predicted molar refractivity (Wildman–Crippen MR) is 105 cm³/mol. The van der Waals surface area contributed by atoms with Crippen molar-refractivity contribution in [2.24, 2.45) is 7.05 Å². The topological polar surface area (TPSA) is 114 Å². The van der Waals surface area contributed by atoms with Gasteiger partial charge in [0.15, 0.2) is 5.65 Å². The normalized spacial score (nSPS) is 17.7. The lowest BCUT2D eigenvalue weighted by Gasteiger charge is -2.20. The molecule has 4 heterocycles. The number of carbonyl (C=O) groups excluding carboxylic acids is 1. The van der Waals surface area contributed by atoms with Crippen LogP contribution >= 0.6 is 0 Å². The first-order chi connectivity index (χ1) is 13.1. The number of aromatic nitrogens is 6. The Morgan fingerprint density at radius 1 is 1.29 bits per heavy atom. The third-order valence-electron chi connectivity index (χ3n) is 4.84. The van der Waals surface area contributed by atoms with Crippen molar-refractivity contribution in [3.05, 3.63) is 28.3 Å². The first-order valence-electron chi connectivity index (χ1n) is 9.22. The maximum absolute atomic E-state index is 12.9. The molecule has 10 heteroatoms. The van der Waals surface area contributed by atoms with E-state index in [0.29, 0.717) is 24.0 Å². The van der Waals surface area contributed by atoms with E-state index in [1.54, 1.807) is 14.3 Å². The number of rotatable bonds is 3. The van der Waals surface area contributed by atoms with Crippen LogP contribution in [0.1, 0.15) is 32.9 Å². The molecule has 3 aromatic heterocycles. The molecule has 0 bridgehead atoms. The van der Waals surface area contributed by atoms with E-state index in [4.69, 9.17) is 0 Å². The second-order valence-electron chi connectivity index (χ2n) is 8.12. The van der Waals surface area contributed by atoms with Crippen LogP contribution in [0.5, 0.6) is 0 Å². The zero-order valence-corrected chi connectivity index (χ0v) is 16.6. The van der Waals surface area contributed by atoms with Gasteiger partial charge in [-0.3, -0.25) is 24.2 Å². The summed E-state index contributed by atoms with van der Waals surface area (Å²) in [5, 5.41) is 12.1. The fourth-order valence-electron chi connectivity index (χ4n) is 3.53. The number of fused-ring (bicyclic) bond motifs is 1. The van der Waals surface area contributed by atoms with E-state index in [1.165, 1.54) is 6.20 Å². The monoisotopic (exact) mass is 384 g/mol. The molecule has 1 fully saturated rings. The number of anilines is 2. The Kier molecular flexibility index (Phi) is 4.02. The van der Waals surface area contributed by atoms with Crippen LogP contribution in [0.15, 0.2) is 17.1 Å². The lowest BCUT2D eigenvalue weighted by Crippen LogP contribution is -2.35. The number of H-pyrrole nitrogens is 1. The Hall–Kier alpha value is -3.17. The molecule has 10 nitrogen and oxygen atoms in total. The van der Waals surface area contributed by atoms with Crippen molar-refractivity contribution in [1.82, 2.24) is 29.5 Å². The molecule has 28 heavy (non-hydrogen) atoms. The first-order valence-corrected chi connectivity index (χ1v) is 9.22. The number of hydrogen-bond donors (Lipinski definition) is 2. The average molecular weight is 384 g/mol. The summed E-state index contributed by atoms with van der Waals surface area (Å²) in [5.74, 6) is 0.953. The molecular formula is C18H24N8O2. The third kappa shape index (κ3) is 2.94. The van der Waals surface area contributed by atoms with Gasteiger partial charge in [-0.05, 0) is 34.1 Å². The van der Waals surface area contributed by atoms with Crippen LogP contribution in [0, 0.1) is 6.92 Å². The van der Waals surface area contributed by atoms with Crippen LogP contribution in [-0.4, -0.2) is 48.0 Å². The summed E-state index contributed by atoms with van der Waals surface area (Å²) in [6, 6.07) is 1.41. The van der Waals surface area contributed by atoms with Crippen LogP contribution in [0.2, 0.25) is 0 Å². The zero-order chi connectivity index (χ0) is 20.2. The number of amides is 1. The Labute approximate surface area is 161 Å². The lowest BCUT2D eigenvalue weighted by molar-refractivity contribution is -0.117. The highest BCUT2D eigenvalue weighted by Gasteiger charge is 2.34. The Morgan fingerprint density at radius 3 is 2.68 bits per heavy atom. The molecule has 0 spiro atoms. The number of carbonyl (C=O) groups is 1. The molecule has 1 saturated heterocycles. The van der Waals surface area contributed by atoms with Gasteiger partial charge in [-0.2, -0.15) is 15.2 Å². The molecule has 1 atom stereocenters. The highest BCUT2D eigenvalue weighted by atomic mass is 16.2. The summed E-state index contributed by atoms with van der Waals surface area (Å²) < 4.78 is 3.41. The molecule has 1 amide bonds. The minimum atomic E-state index is -0.471. The summed E-state index contributed by atoms with van der Waals surface area (Å²) in [7, 11) is 1.82. The van der Waals surface area contributed by atoms with E-state index in [2.05, 4.69) is 25.5 Å². The van der Waals surface area contributed by atoms with Crippen LogP contribution in [0.3, 0.4) is 0 Å². The minimum Gasteiger partial charge on any atom is -0.344 e. The van der Waals surface area contributed by atoms with E-state index >= 15 is 0 Å². The smallest absolute Gasteiger partial charge is 0.263 e. The molecule has 1 aliphatic heterocycles. The summed E-state index contributed by atoms with van der Waals surface area (Å²) in [4.78, 5) is 34.3. The second kappa shape index (κ2) is 6.18. The van der Waals surface area contributed by atoms with Crippen molar-refractivity contribution in [3.63, 3.8) is 0 Å². The molecule has 0 aliphatic carbocycles. The van der Waals surface area contributed by atoms with Crippen LogP contribution in [0.4, 0.5) is 11.8 Å². The predicted octanol–water partition coefficient (Wildman–Crippen LogP) is 1.13. The van der Waals surface area contributed by atoms with Gasteiger partial charge >= 0.3 is 0 Å². The highest BCUT2D eigenvalue weighted by molar-refractivity contribution is 6.00. The number of nitrogens with one attached hydrogen (secondary N) is 2. The van der Waals surface area contributed by atoms with Crippen LogP contribution in [0.25, 0.3) is 11.0 Å². The van der Waals surface area contributed by atoms with Crippen LogP contribution < -0.4 is 15.8 Å². The standard InChI is InChI=1S/C18H24N8O2/c1-10-8-13(24(5)23-10)25-7-6-12(16(25)28)20-17-21-14-11(15(27)22-17)9-19-26(14)18(2,3)4/h8-9,12H,6-7H2,1-5H3,(H2,20,21,22,27). The Balaban J connectivity index is 1.63. The highest BCUT2D eigenvalue weighted by Crippen LogP contribution is 2.24. The van der Waals surface area contributed by atoms with Gasteiger partial charge in [-0.25, -0.2) is 4.68 Å². The molecular weight excluding hydrogens is 360 g/mol. The summed E-state index contributed by atoms with van der Waals surface area (Å²) in [5.41, 5.74) is 0.737. The number of aromatic amines is 1. The Bertz CT molecular complexity index is 1120. The van der Waals surface area contributed by atoms with Gasteiger partial charge in [0.2, 0.25) is 5.95 Å². The SMILES string of the molecule is Cc1cc(N2CCC(Nc3nc4c(cnn4C(C)(C)C)c(=O)[nH]3)C2=O)n(C)n1. The molecule has 4 rings (SSSR count). The van der Waals surface area contributed by atoms with E-state index in [1.807, 2.05) is 40.8 Å². The van der Waals surface area contributed by atoms with Gasteiger partial charge in [0.1, 0.15) is 17.2 Å². The van der Waals surface area contributed by atoms with Gasteiger partial charge in [-0.15, -0.1) is 0 Å². The van der Waals surface area contributed by atoms with Gasteiger partial charge in [0.25, 0.3) is 11.5 Å². The lowest BCUT2D eigenvalue weighted by atomic mass is 10.1. The number of hydrogen-bond acceptors (Lipinski definition) is 6. The van der Waals surface area contributed by atoms with Gasteiger partial charge in [-0.1, -0.05) is 0 Å². The van der Waals surface area contributed by atoms with E-state index in [-0.39, 0.29) is 23.0 Å². The van der Waals surface area contributed by atoms with Gasteiger partial charge < -0.3 is 5.32 Å².